The van der Waals surface area contributed by atoms with Crippen LogP contribution in [0.4, 0.5) is 18.9 Å². The van der Waals surface area contributed by atoms with Crippen molar-refractivity contribution in [2.45, 2.75) is 6.18 Å². The van der Waals surface area contributed by atoms with E-state index < -0.39 is 17.6 Å². The van der Waals surface area contributed by atoms with Crippen molar-refractivity contribution in [2.75, 3.05) is 18.4 Å². The number of ether oxygens (including phenoxy) is 1. The van der Waals surface area contributed by atoms with Crippen molar-refractivity contribution in [3.8, 4) is 11.5 Å². The van der Waals surface area contributed by atoms with Crippen LogP contribution in [0.5, 0.6) is 11.5 Å². The summed E-state index contributed by atoms with van der Waals surface area (Å²) < 4.78 is 45.0. The Morgan fingerprint density at radius 3 is 2.71 bits per heavy atom. The maximum absolute atomic E-state index is 13.0. The molecule has 0 saturated heterocycles. The van der Waals surface area contributed by atoms with Gasteiger partial charge < -0.3 is 15.4 Å². The van der Waals surface area contributed by atoms with Gasteiger partial charge in [0, 0.05) is 35.0 Å². The molecule has 2 aromatic carbocycles. The molecule has 1 amide bonds. The predicted molar refractivity (Wildman–Crippen MR) is 127 cm³/mol. The first-order chi connectivity index (χ1) is 16.3. The lowest BCUT2D eigenvalue weighted by Gasteiger charge is -2.11. The number of rotatable bonds is 6. The van der Waals surface area contributed by atoms with Crippen LogP contribution in [0.2, 0.25) is 0 Å². The van der Waals surface area contributed by atoms with Gasteiger partial charge in [0.25, 0.3) is 0 Å². The minimum absolute atomic E-state index is 0.0390. The number of nitrogens with one attached hydrogen (secondary N) is 2. The van der Waals surface area contributed by atoms with E-state index in [-0.39, 0.29) is 10.2 Å². The number of alkyl halides is 3. The maximum Gasteiger partial charge on any atom is 0.417 e. The average molecular weight is 531 g/mol. The minimum atomic E-state index is -4.54. The quantitative estimate of drug-likeness (QED) is 0.403. The van der Waals surface area contributed by atoms with Gasteiger partial charge in [0.05, 0.1) is 12.1 Å². The van der Waals surface area contributed by atoms with Crippen LogP contribution >= 0.6 is 15.9 Å². The van der Waals surface area contributed by atoms with Crippen LogP contribution in [-0.2, 0) is 11.0 Å². The molecule has 0 bridgehead atoms. The number of hydrogen-bond donors (Lipinski definition) is 2. The molecule has 10 heteroatoms. The fourth-order valence-electron chi connectivity index (χ4n) is 3.17. The highest BCUT2D eigenvalue weighted by Crippen LogP contribution is 2.36. The molecular formula is C24H18BrF3N4O2. The molecule has 1 aliphatic rings. The zero-order chi connectivity index (χ0) is 24.1. The van der Waals surface area contributed by atoms with Gasteiger partial charge in [-0.05, 0) is 48.0 Å². The van der Waals surface area contributed by atoms with Gasteiger partial charge in [-0.25, -0.2) is 0 Å². The van der Waals surface area contributed by atoms with Crippen molar-refractivity contribution < 1.29 is 22.7 Å². The van der Waals surface area contributed by atoms with E-state index in [4.69, 9.17) is 4.74 Å². The average Bonchev–Trinajstić information content (AvgIpc) is 3.34. The van der Waals surface area contributed by atoms with Crippen molar-refractivity contribution in [2.24, 2.45) is 4.99 Å². The third-order valence-electron chi connectivity index (χ3n) is 4.71. The first kappa shape index (κ1) is 23.5. The number of hydrogen-bond acceptors (Lipinski definition) is 5. The topological polar surface area (TPSA) is 75.6 Å². The molecule has 4 rings (SSSR count). The van der Waals surface area contributed by atoms with Gasteiger partial charge in [-0.3, -0.25) is 14.8 Å². The van der Waals surface area contributed by atoms with E-state index in [0.717, 1.165) is 18.4 Å². The summed E-state index contributed by atoms with van der Waals surface area (Å²) in [6.45, 7) is 1.48. The second-order valence-corrected chi connectivity index (χ2v) is 8.08. The highest BCUT2D eigenvalue weighted by molar-refractivity contribution is 9.10. The number of aliphatic imine (C=N–C) groups is 1. The van der Waals surface area contributed by atoms with Gasteiger partial charge in [0.1, 0.15) is 23.0 Å². The summed E-state index contributed by atoms with van der Waals surface area (Å²) in [7, 11) is 0. The number of pyridine rings is 1. The molecular weight excluding hydrogens is 513 g/mol. The number of amides is 1. The molecule has 3 aromatic rings. The van der Waals surface area contributed by atoms with Crippen molar-refractivity contribution >= 4 is 39.4 Å². The Labute approximate surface area is 201 Å². The Bertz CT molecular complexity index is 1280. The Hall–Kier alpha value is -3.66. The lowest BCUT2D eigenvalue weighted by atomic mass is 10.2. The van der Waals surface area contributed by atoms with Gasteiger partial charge in [0.2, 0.25) is 5.91 Å². The van der Waals surface area contributed by atoms with Crippen molar-refractivity contribution in [3.05, 3.63) is 88.2 Å². The fourth-order valence-corrected chi connectivity index (χ4v) is 3.64. The number of carbonyl (C=O) groups excluding carboxylic acids is 1. The molecule has 0 fully saturated rings. The molecule has 0 saturated carbocycles. The summed E-state index contributed by atoms with van der Waals surface area (Å²) in [5.41, 5.74) is 0.534. The first-order valence-electron chi connectivity index (χ1n) is 10.2. The highest BCUT2D eigenvalue weighted by Gasteiger charge is 2.33. The molecule has 34 heavy (non-hydrogen) atoms. The lowest BCUT2D eigenvalue weighted by molar-refractivity contribution is -0.138. The van der Waals surface area contributed by atoms with Gasteiger partial charge >= 0.3 is 6.18 Å². The monoisotopic (exact) mass is 530 g/mol. The largest absolute Gasteiger partial charge is 0.457 e. The van der Waals surface area contributed by atoms with Gasteiger partial charge in [-0.15, -0.1) is 0 Å². The fraction of sp³-hybridized carbons (Fsp3) is 0.125. The van der Waals surface area contributed by atoms with Crippen LogP contribution in [0.3, 0.4) is 0 Å². The van der Waals surface area contributed by atoms with E-state index in [2.05, 4.69) is 36.5 Å². The van der Waals surface area contributed by atoms with Crippen LogP contribution < -0.4 is 15.4 Å². The number of amidine groups is 1. The van der Waals surface area contributed by atoms with Crippen LogP contribution in [0.15, 0.2) is 76.3 Å². The molecule has 0 atom stereocenters. The normalized spacial score (nSPS) is 13.5. The Morgan fingerprint density at radius 2 is 1.94 bits per heavy atom. The molecule has 0 radical (unpaired) electrons. The van der Waals surface area contributed by atoms with Crippen molar-refractivity contribution in [1.82, 2.24) is 10.3 Å². The summed E-state index contributed by atoms with van der Waals surface area (Å²) in [6, 6.07) is 14.0. The Morgan fingerprint density at radius 1 is 1.12 bits per heavy atom. The summed E-state index contributed by atoms with van der Waals surface area (Å²) in [4.78, 5) is 20.9. The van der Waals surface area contributed by atoms with E-state index in [9.17, 15) is 18.0 Å². The standard InChI is InChI=1S/C24H18BrF3N4O2/c25-20-6-5-16(13-19(20)24(26,27)28)32-22(33)7-4-15-2-1-3-17(12-15)34-18-8-9-29-21(14-18)23-30-10-11-31-23/h1-9,12-14H,10-11H2,(H,30,31)(H,32,33). The Kier molecular flexibility index (Phi) is 6.97. The van der Waals surface area contributed by atoms with Gasteiger partial charge in [-0.2, -0.15) is 13.2 Å². The third-order valence-corrected chi connectivity index (χ3v) is 5.40. The van der Waals surface area contributed by atoms with E-state index in [1.807, 2.05) is 0 Å². The van der Waals surface area contributed by atoms with Crippen molar-refractivity contribution in [3.63, 3.8) is 0 Å². The van der Waals surface area contributed by atoms with Crippen LogP contribution in [0.25, 0.3) is 6.08 Å². The van der Waals surface area contributed by atoms with Crippen LogP contribution in [0, 0.1) is 0 Å². The van der Waals surface area contributed by atoms with E-state index in [1.54, 1.807) is 48.7 Å². The molecule has 0 unspecified atom stereocenters. The number of anilines is 1. The number of halogens is 4. The second kappa shape index (κ2) is 10.1. The lowest BCUT2D eigenvalue weighted by Crippen LogP contribution is -2.20. The summed E-state index contributed by atoms with van der Waals surface area (Å²) in [5, 5.41) is 5.60. The molecule has 2 heterocycles. The minimum Gasteiger partial charge on any atom is -0.457 e. The number of nitrogens with zero attached hydrogens (tertiary/aromatic N) is 2. The van der Waals surface area contributed by atoms with Crippen LogP contribution in [-0.4, -0.2) is 29.8 Å². The number of benzene rings is 2. The SMILES string of the molecule is O=C(C=Cc1cccc(Oc2ccnc(C3=NCCN3)c2)c1)Nc1ccc(Br)c(C(F)(F)F)c1. The van der Waals surface area contributed by atoms with Crippen LogP contribution in [0.1, 0.15) is 16.8 Å². The van der Waals surface area contributed by atoms with Crippen molar-refractivity contribution in [1.29, 1.82) is 0 Å². The summed E-state index contributed by atoms with van der Waals surface area (Å²) in [6.07, 6.45) is -0.121. The summed E-state index contributed by atoms with van der Waals surface area (Å²) >= 11 is 2.87. The summed E-state index contributed by atoms with van der Waals surface area (Å²) in [5.74, 6) is 1.28. The molecule has 2 N–H and O–H groups in total. The molecule has 0 spiro atoms. The molecule has 0 aliphatic carbocycles. The number of aromatic nitrogens is 1. The molecule has 1 aliphatic heterocycles. The zero-order valence-electron chi connectivity index (χ0n) is 17.6. The van der Waals surface area contributed by atoms with E-state index >= 15 is 0 Å². The number of carbonyl (C=O) groups is 1. The molecule has 6 nitrogen and oxygen atoms in total. The highest BCUT2D eigenvalue weighted by atomic mass is 79.9. The van der Waals surface area contributed by atoms with E-state index in [0.29, 0.717) is 29.3 Å². The smallest absolute Gasteiger partial charge is 0.417 e. The van der Waals surface area contributed by atoms with E-state index in [1.165, 1.54) is 18.2 Å². The third kappa shape index (κ3) is 6.02. The molecule has 1 aromatic heterocycles. The molecule has 174 valence electrons. The Balaban J connectivity index is 1.42. The zero-order valence-corrected chi connectivity index (χ0v) is 19.2. The first-order valence-corrected chi connectivity index (χ1v) is 11.0. The second-order valence-electron chi connectivity index (χ2n) is 7.22. The van der Waals surface area contributed by atoms with Gasteiger partial charge in [-0.1, -0.05) is 28.1 Å². The predicted octanol–water partition coefficient (Wildman–Crippen LogP) is 5.66. The maximum atomic E-state index is 13.0. The van der Waals surface area contributed by atoms with Gasteiger partial charge in [0.15, 0.2) is 0 Å².